The minimum Gasteiger partial charge on any atom is -0.398 e. The van der Waals surface area contributed by atoms with Crippen LogP contribution in [0, 0.1) is 0 Å². The van der Waals surface area contributed by atoms with Crippen molar-refractivity contribution in [1.29, 1.82) is 0 Å². The lowest BCUT2D eigenvalue weighted by Crippen LogP contribution is -2.49. The van der Waals surface area contributed by atoms with Gasteiger partial charge >= 0.3 is 8.56 Å². The van der Waals surface area contributed by atoms with Crippen LogP contribution in [0.5, 0.6) is 0 Å². The van der Waals surface area contributed by atoms with E-state index >= 15 is 0 Å². The first kappa shape index (κ1) is 13.1. The first-order valence-corrected chi connectivity index (χ1v) is 7.88. The average Bonchev–Trinajstić information content (AvgIpc) is 2.21. The zero-order chi connectivity index (χ0) is 11.4. The molecule has 0 unspecified atom stereocenters. The van der Waals surface area contributed by atoms with Gasteiger partial charge in [-0.1, -0.05) is 0 Å². The number of hydrogen-bond donors (Lipinski definition) is 0. The zero-order valence-corrected chi connectivity index (χ0v) is 11.2. The summed E-state index contributed by atoms with van der Waals surface area (Å²) in [5.41, 5.74) is -0.0436. The predicted octanol–water partition coefficient (Wildman–Crippen LogP) is 1.55. The molecule has 1 heterocycles. The highest BCUT2D eigenvalue weighted by Gasteiger charge is 2.34. The van der Waals surface area contributed by atoms with Crippen LogP contribution < -0.4 is 0 Å². The van der Waals surface area contributed by atoms with Gasteiger partial charge in [-0.05, 0) is 25.9 Å². The molecule has 0 spiro atoms. The lowest BCUT2D eigenvalue weighted by atomic mass is 10.1. The number of hydrogen-bond acceptors (Lipinski definition) is 4. The van der Waals surface area contributed by atoms with E-state index in [9.17, 15) is 0 Å². The first-order chi connectivity index (χ1) is 7.04. The Morgan fingerprint density at radius 1 is 1.27 bits per heavy atom. The molecule has 1 aliphatic heterocycles. The van der Waals surface area contributed by atoms with Crippen molar-refractivity contribution in [2.75, 3.05) is 34.0 Å². The van der Waals surface area contributed by atoms with Crippen LogP contribution in [0.15, 0.2) is 0 Å². The highest BCUT2D eigenvalue weighted by atomic mass is 28.4. The van der Waals surface area contributed by atoms with Gasteiger partial charge in [0.25, 0.3) is 0 Å². The van der Waals surface area contributed by atoms with E-state index in [1.54, 1.807) is 14.2 Å². The molecule has 1 fully saturated rings. The van der Waals surface area contributed by atoms with E-state index in [-0.39, 0.29) is 5.60 Å². The summed E-state index contributed by atoms with van der Waals surface area (Å²) in [7, 11) is 1.54. The Labute approximate surface area is 93.1 Å². The predicted molar refractivity (Wildman–Crippen MR) is 60.2 cm³/mol. The van der Waals surface area contributed by atoms with Crippen LogP contribution >= 0.6 is 0 Å². The highest BCUT2D eigenvalue weighted by molar-refractivity contribution is 6.65. The molecule has 4 nitrogen and oxygen atoms in total. The van der Waals surface area contributed by atoms with Crippen LogP contribution in [0.25, 0.3) is 0 Å². The normalized spacial score (nSPS) is 20.0. The topological polar surface area (TPSA) is 36.9 Å². The van der Waals surface area contributed by atoms with Crippen molar-refractivity contribution in [3.8, 4) is 0 Å². The Morgan fingerprint density at radius 2 is 1.87 bits per heavy atom. The Hall–Kier alpha value is 0.0569. The summed E-state index contributed by atoms with van der Waals surface area (Å²) in [6, 6.07) is 0.969. The van der Waals surface area contributed by atoms with Crippen LogP contribution in [0.2, 0.25) is 12.6 Å². The zero-order valence-electron chi connectivity index (χ0n) is 10.2. The fourth-order valence-corrected chi connectivity index (χ4v) is 2.83. The van der Waals surface area contributed by atoms with Crippen molar-refractivity contribution < 1.29 is 18.3 Å². The second-order valence-corrected chi connectivity index (χ2v) is 8.02. The molecule has 1 rings (SSSR count). The molecule has 0 bridgehead atoms. The maximum Gasteiger partial charge on any atom is 0.334 e. The van der Waals surface area contributed by atoms with Crippen molar-refractivity contribution in [2.45, 2.75) is 31.5 Å². The van der Waals surface area contributed by atoms with Gasteiger partial charge in [0.05, 0.1) is 13.2 Å². The van der Waals surface area contributed by atoms with Gasteiger partial charge in [-0.15, -0.1) is 0 Å². The van der Waals surface area contributed by atoms with Crippen LogP contribution in [-0.4, -0.2) is 48.2 Å². The van der Waals surface area contributed by atoms with Crippen molar-refractivity contribution in [2.24, 2.45) is 0 Å². The molecule has 1 saturated heterocycles. The molecule has 90 valence electrons. The van der Waals surface area contributed by atoms with Crippen molar-refractivity contribution in [1.82, 2.24) is 0 Å². The fourth-order valence-electron chi connectivity index (χ4n) is 1.47. The Kier molecular flexibility index (Phi) is 4.73. The van der Waals surface area contributed by atoms with E-state index < -0.39 is 8.56 Å². The molecule has 0 aromatic rings. The lowest BCUT2D eigenvalue weighted by Gasteiger charge is -2.38. The number of rotatable bonds is 7. The molecule has 0 atom stereocenters. The van der Waals surface area contributed by atoms with Crippen molar-refractivity contribution in [3.63, 3.8) is 0 Å². The largest absolute Gasteiger partial charge is 0.398 e. The van der Waals surface area contributed by atoms with Crippen LogP contribution in [0.4, 0.5) is 0 Å². The van der Waals surface area contributed by atoms with E-state index in [2.05, 4.69) is 13.5 Å². The summed E-state index contributed by atoms with van der Waals surface area (Å²) in [4.78, 5) is 0. The van der Waals surface area contributed by atoms with E-state index in [0.29, 0.717) is 0 Å². The maximum atomic E-state index is 5.74. The summed E-state index contributed by atoms with van der Waals surface area (Å²) in [5, 5.41) is 0. The van der Waals surface area contributed by atoms with Crippen LogP contribution in [-0.2, 0) is 18.3 Å². The Morgan fingerprint density at radius 3 is 2.27 bits per heavy atom. The molecule has 0 aromatic carbocycles. The van der Waals surface area contributed by atoms with Crippen LogP contribution in [0.1, 0.15) is 13.3 Å². The second kappa shape index (κ2) is 5.40. The van der Waals surface area contributed by atoms with Gasteiger partial charge in [0.2, 0.25) is 0 Å². The molecule has 1 aliphatic rings. The van der Waals surface area contributed by atoms with Gasteiger partial charge in [0.15, 0.2) is 0 Å². The maximum absolute atomic E-state index is 5.74. The van der Waals surface area contributed by atoms with E-state index in [1.165, 1.54) is 0 Å². The summed E-state index contributed by atoms with van der Waals surface area (Å²) in [6.45, 7) is 6.35. The van der Waals surface area contributed by atoms with Gasteiger partial charge in [-0.2, -0.15) is 0 Å². The van der Waals surface area contributed by atoms with Crippen molar-refractivity contribution >= 4 is 8.56 Å². The van der Waals surface area contributed by atoms with E-state index in [4.69, 9.17) is 18.3 Å². The van der Waals surface area contributed by atoms with Gasteiger partial charge in [-0.25, -0.2) is 0 Å². The monoisotopic (exact) mass is 234 g/mol. The second-order valence-electron chi connectivity index (χ2n) is 4.44. The van der Waals surface area contributed by atoms with Gasteiger partial charge in [0, 0.05) is 20.8 Å². The molecule has 15 heavy (non-hydrogen) atoms. The average molecular weight is 234 g/mol. The molecule has 0 amide bonds. The molecule has 0 aromatic heterocycles. The summed E-state index contributed by atoms with van der Waals surface area (Å²) >= 11 is 0. The molecular formula is C10H22O4Si. The standard InChI is InChI=1S/C10H22O4Si/c1-10(8-13-9-10)14-6-5-7-15(4,11-2)12-3/h5-9H2,1-4H3. The lowest BCUT2D eigenvalue weighted by molar-refractivity contribution is -0.198. The Balaban J connectivity index is 2.10. The summed E-state index contributed by atoms with van der Waals surface area (Å²) in [5.74, 6) is 0. The third-order valence-electron chi connectivity index (χ3n) is 2.90. The smallest absolute Gasteiger partial charge is 0.334 e. The highest BCUT2D eigenvalue weighted by Crippen LogP contribution is 2.22. The van der Waals surface area contributed by atoms with Crippen LogP contribution in [0.3, 0.4) is 0 Å². The van der Waals surface area contributed by atoms with Crippen molar-refractivity contribution in [3.05, 3.63) is 0 Å². The summed E-state index contributed by atoms with van der Waals surface area (Å²) in [6.07, 6.45) is 0.986. The fraction of sp³-hybridized carbons (Fsp3) is 1.00. The first-order valence-electron chi connectivity index (χ1n) is 5.36. The van der Waals surface area contributed by atoms with Gasteiger partial charge in [0.1, 0.15) is 5.60 Å². The Bertz CT molecular complexity index is 190. The quantitative estimate of drug-likeness (QED) is 0.495. The number of ether oxygens (including phenoxy) is 2. The molecular weight excluding hydrogens is 212 g/mol. The third-order valence-corrected chi connectivity index (χ3v) is 5.89. The van der Waals surface area contributed by atoms with Gasteiger partial charge in [-0.3, -0.25) is 0 Å². The van der Waals surface area contributed by atoms with E-state index in [0.717, 1.165) is 32.3 Å². The SMILES string of the molecule is CO[Si](C)(CCCOC1(C)COC1)OC. The minimum absolute atomic E-state index is 0.0436. The molecule has 0 saturated carbocycles. The van der Waals surface area contributed by atoms with E-state index in [1.807, 2.05) is 0 Å². The van der Waals surface area contributed by atoms with Gasteiger partial charge < -0.3 is 18.3 Å². The molecule has 0 aliphatic carbocycles. The minimum atomic E-state index is -1.90. The molecule has 0 N–H and O–H groups in total. The molecule has 5 heteroatoms. The summed E-state index contributed by atoms with van der Waals surface area (Å²) < 4.78 is 21.6. The third kappa shape index (κ3) is 3.84. The molecule has 0 radical (unpaired) electrons.